The van der Waals surface area contributed by atoms with Crippen molar-refractivity contribution in [3.05, 3.63) is 0 Å². The fraction of sp³-hybridized carbons (Fsp3) is 0.957. The molecule has 0 aliphatic heterocycles. The Morgan fingerprint density at radius 1 is 0.680 bits per heavy atom. The van der Waals surface area contributed by atoms with Crippen LogP contribution in [0.25, 0.3) is 0 Å². The molecule has 4 unspecified atom stereocenters. The maximum absolute atomic E-state index is 11.0. The SMILES string of the molecule is CCCC(C)C(CCC)C(CCCC(=O)O)C(CCC)C(C)CCC. The van der Waals surface area contributed by atoms with Crippen LogP contribution in [0.2, 0.25) is 0 Å². The van der Waals surface area contributed by atoms with Crippen molar-refractivity contribution in [2.75, 3.05) is 0 Å². The lowest BCUT2D eigenvalue weighted by Crippen LogP contribution is -2.32. The highest BCUT2D eigenvalue weighted by molar-refractivity contribution is 5.66. The number of carboxylic acids is 1. The second-order valence-corrected chi connectivity index (χ2v) is 8.39. The average molecular weight is 355 g/mol. The van der Waals surface area contributed by atoms with Crippen LogP contribution >= 0.6 is 0 Å². The summed E-state index contributed by atoms with van der Waals surface area (Å²) < 4.78 is 0. The zero-order valence-electron chi connectivity index (χ0n) is 18.0. The molecular formula is C23H46O2. The van der Waals surface area contributed by atoms with Crippen LogP contribution in [0.4, 0.5) is 0 Å². The number of aliphatic carboxylic acids is 1. The minimum Gasteiger partial charge on any atom is -0.481 e. The summed E-state index contributed by atoms with van der Waals surface area (Å²) in [6.07, 6.45) is 12.5. The summed E-state index contributed by atoms with van der Waals surface area (Å²) in [5.41, 5.74) is 0. The molecule has 0 saturated carbocycles. The molecule has 150 valence electrons. The van der Waals surface area contributed by atoms with Crippen LogP contribution in [-0.4, -0.2) is 11.1 Å². The fourth-order valence-corrected chi connectivity index (χ4v) is 5.08. The molecule has 0 aliphatic rings. The van der Waals surface area contributed by atoms with Crippen LogP contribution < -0.4 is 0 Å². The smallest absolute Gasteiger partial charge is 0.303 e. The normalized spacial score (nSPS) is 17.7. The van der Waals surface area contributed by atoms with Gasteiger partial charge in [0.15, 0.2) is 0 Å². The first-order valence-corrected chi connectivity index (χ1v) is 11.1. The number of rotatable bonds is 16. The summed E-state index contributed by atoms with van der Waals surface area (Å²) >= 11 is 0. The lowest BCUT2D eigenvalue weighted by molar-refractivity contribution is -0.137. The van der Waals surface area contributed by atoms with Crippen LogP contribution in [0.15, 0.2) is 0 Å². The Kier molecular flexibility index (Phi) is 14.3. The van der Waals surface area contributed by atoms with Crippen LogP contribution in [0.3, 0.4) is 0 Å². The summed E-state index contributed by atoms with van der Waals surface area (Å²) in [6, 6.07) is 0. The van der Waals surface area contributed by atoms with Crippen molar-refractivity contribution in [1.29, 1.82) is 0 Å². The molecule has 0 aromatic rings. The number of hydrogen-bond donors (Lipinski definition) is 1. The number of hydrogen-bond acceptors (Lipinski definition) is 1. The van der Waals surface area contributed by atoms with Gasteiger partial charge in [-0.25, -0.2) is 0 Å². The van der Waals surface area contributed by atoms with E-state index in [1.807, 2.05) is 0 Å². The Bertz CT molecular complexity index is 304. The molecule has 0 aliphatic carbocycles. The molecule has 0 heterocycles. The van der Waals surface area contributed by atoms with Crippen molar-refractivity contribution in [2.45, 2.75) is 112 Å². The van der Waals surface area contributed by atoms with Gasteiger partial charge in [0.1, 0.15) is 0 Å². The highest BCUT2D eigenvalue weighted by Gasteiger charge is 2.33. The van der Waals surface area contributed by atoms with Gasteiger partial charge in [-0.2, -0.15) is 0 Å². The zero-order chi connectivity index (χ0) is 19.2. The monoisotopic (exact) mass is 354 g/mol. The molecule has 0 saturated heterocycles. The van der Waals surface area contributed by atoms with E-state index < -0.39 is 5.97 Å². The van der Waals surface area contributed by atoms with Crippen LogP contribution in [0, 0.1) is 29.6 Å². The minimum absolute atomic E-state index is 0.332. The van der Waals surface area contributed by atoms with Gasteiger partial charge in [0, 0.05) is 6.42 Å². The van der Waals surface area contributed by atoms with Gasteiger partial charge in [-0.15, -0.1) is 0 Å². The van der Waals surface area contributed by atoms with Crippen molar-refractivity contribution in [2.24, 2.45) is 29.6 Å². The summed E-state index contributed by atoms with van der Waals surface area (Å²) in [5.74, 6) is 3.09. The van der Waals surface area contributed by atoms with Gasteiger partial charge in [-0.1, -0.05) is 92.9 Å². The second-order valence-electron chi connectivity index (χ2n) is 8.39. The summed E-state index contributed by atoms with van der Waals surface area (Å²) in [6.45, 7) is 14.1. The van der Waals surface area contributed by atoms with E-state index in [4.69, 9.17) is 5.11 Å². The number of carbonyl (C=O) groups is 1. The van der Waals surface area contributed by atoms with Crippen molar-refractivity contribution in [1.82, 2.24) is 0 Å². The van der Waals surface area contributed by atoms with Gasteiger partial charge in [0.05, 0.1) is 0 Å². The molecule has 0 fully saturated rings. The first-order chi connectivity index (χ1) is 11.9. The highest BCUT2D eigenvalue weighted by Crippen LogP contribution is 2.42. The van der Waals surface area contributed by atoms with Crippen molar-refractivity contribution in [3.63, 3.8) is 0 Å². The van der Waals surface area contributed by atoms with Crippen molar-refractivity contribution in [3.8, 4) is 0 Å². The standard InChI is InChI=1S/C23H46O2/c1-7-12-18(5)20(14-9-3)22(16-11-17-23(24)25)21(15-10-4)19(6)13-8-2/h18-22H,7-17H2,1-6H3,(H,24,25). The first kappa shape index (κ1) is 24.5. The average Bonchev–Trinajstić information content (AvgIpc) is 2.55. The van der Waals surface area contributed by atoms with Gasteiger partial charge < -0.3 is 5.11 Å². The highest BCUT2D eigenvalue weighted by atomic mass is 16.4. The van der Waals surface area contributed by atoms with E-state index in [2.05, 4.69) is 41.5 Å². The maximum atomic E-state index is 11.0. The summed E-state index contributed by atoms with van der Waals surface area (Å²) in [7, 11) is 0. The van der Waals surface area contributed by atoms with Crippen LogP contribution in [-0.2, 0) is 4.79 Å². The predicted octanol–water partition coefficient (Wildman–Crippen LogP) is 7.56. The predicted molar refractivity (Wildman–Crippen MR) is 110 cm³/mol. The topological polar surface area (TPSA) is 37.3 Å². The Hall–Kier alpha value is -0.530. The Balaban J connectivity index is 5.43. The van der Waals surface area contributed by atoms with E-state index >= 15 is 0 Å². The molecule has 0 aromatic carbocycles. The molecule has 0 radical (unpaired) electrons. The van der Waals surface area contributed by atoms with Crippen molar-refractivity contribution >= 4 is 5.97 Å². The molecule has 25 heavy (non-hydrogen) atoms. The molecule has 0 amide bonds. The van der Waals surface area contributed by atoms with E-state index in [9.17, 15) is 4.79 Å². The molecule has 2 nitrogen and oxygen atoms in total. The van der Waals surface area contributed by atoms with Gasteiger partial charge in [-0.3, -0.25) is 4.79 Å². The van der Waals surface area contributed by atoms with E-state index in [1.165, 1.54) is 51.4 Å². The first-order valence-electron chi connectivity index (χ1n) is 11.1. The van der Waals surface area contributed by atoms with E-state index in [-0.39, 0.29) is 0 Å². The van der Waals surface area contributed by atoms with Crippen LogP contribution in [0.5, 0.6) is 0 Å². The lowest BCUT2D eigenvalue weighted by atomic mass is 9.65. The third-order valence-electron chi connectivity index (χ3n) is 6.22. The third kappa shape index (κ3) is 9.66. The van der Waals surface area contributed by atoms with Crippen LogP contribution in [0.1, 0.15) is 112 Å². The minimum atomic E-state index is -0.638. The molecule has 2 heteroatoms. The lowest BCUT2D eigenvalue weighted by Gasteiger charge is -2.40. The molecular weight excluding hydrogens is 308 g/mol. The molecule has 1 N–H and O–H groups in total. The molecule has 0 bridgehead atoms. The van der Waals surface area contributed by atoms with Gasteiger partial charge in [0.25, 0.3) is 0 Å². The maximum Gasteiger partial charge on any atom is 0.303 e. The summed E-state index contributed by atoms with van der Waals surface area (Å²) in [4.78, 5) is 11.0. The van der Waals surface area contributed by atoms with E-state index in [1.54, 1.807) is 0 Å². The quantitative estimate of drug-likeness (QED) is 0.310. The van der Waals surface area contributed by atoms with Gasteiger partial charge in [0.2, 0.25) is 0 Å². The zero-order valence-corrected chi connectivity index (χ0v) is 18.0. The Morgan fingerprint density at radius 3 is 1.40 bits per heavy atom. The largest absolute Gasteiger partial charge is 0.481 e. The Morgan fingerprint density at radius 2 is 1.08 bits per heavy atom. The summed E-state index contributed by atoms with van der Waals surface area (Å²) in [5, 5.41) is 9.10. The van der Waals surface area contributed by atoms with E-state index in [0.717, 1.165) is 36.5 Å². The molecule has 0 spiro atoms. The molecule has 0 aromatic heterocycles. The molecule has 4 atom stereocenters. The van der Waals surface area contributed by atoms with Gasteiger partial charge >= 0.3 is 5.97 Å². The van der Waals surface area contributed by atoms with Gasteiger partial charge in [-0.05, 0) is 42.4 Å². The number of carboxylic acid groups (broad SMARTS) is 1. The second kappa shape index (κ2) is 14.6. The Labute approximate surface area is 158 Å². The van der Waals surface area contributed by atoms with E-state index in [0.29, 0.717) is 12.3 Å². The third-order valence-corrected chi connectivity index (χ3v) is 6.22. The fourth-order valence-electron chi connectivity index (χ4n) is 5.08. The van der Waals surface area contributed by atoms with Crippen molar-refractivity contribution < 1.29 is 9.90 Å². The molecule has 0 rings (SSSR count).